The molecule has 0 aliphatic carbocycles. The lowest BCUT2D eigenvalue weighted by Crippen LogP contribution is -2.55. The lowest BCUT2D eigenvalue weighted by molar-refractivity contribution is -0.231. The minimum atomic E-state index is -1.43. The van der Waals surface area contributed by atoms with Crippen molar-refractivity contribution in [2.45, 2.75) is 30.5 Å². The maximum Gasteiger partial charge on any atom is 0.251 e. The molecule has 1 saturated heterocycles. The number of rotatable bonds is 5. The number of aliphatic hydroxyl groups excluding tert-OH is 4. The third-order valence-electron chi connectivity index (χ3n) is 4.66. The minimum Gasteiger partial charge on any atom is -0.457 e. The molecular formula is C20H23NO7. The van der Waals surface area contributed by atoms with Gasteiger partial charge >= 0.3 is 0 Å². The van der Waals surface area contributed by atoms with Crippen LogP contribution >= 0.6 is 0 Å². The molecule has 1 amide bonds. The van der Waals surface area contributed by atoms with Gasteiger partial charge in [0.1, 0.15) is 42.0 Å². The van der Waals surface area contributed by atoms with Crippen LogP contribution in [0, 0.1) is 0 Å². The Balaban J connectivity index is 1.74. The summed E-state index contributed by atoms with van der Waals surface area (Å²) in [6.07, 6.45) is -6.03. The van der Waals surface area contributed by atoms with Gasteiger partial charge in [0.25, 0.3) is 5.91 Å². The van der Waals surface area contributed by atoms with Gasteiger partial charge < -0.3 is 35.2 Å². The molecule has 150 valence electrons. The number of carbonyl (C=O) groups excluding carboxylic acids is 1. The largest absolute Gasteiger partial charge is 0.457 e. The molecule has 2 aromatic rings. The molecule has 1 fully saturated rings. The quantitative estimate of drug-likeness (QED) is 0.499. The number of benzene rings is 2. The zero-order valence-electron chi connectivity index (χ0n) is 15.2. The molecule has 0 aromatic heterocycles. The molecule has 5 atom stereocenters. The zero-order chi connectivity index (χ0) is 20.3. The Morgan fingerprint density at radius 3 is 2.39 bits per heavy atom. The van der Waals surface area contributed by atoms with Gasteiger partial charge in [0.2, 0.25) is 0 Å². The van der Waals surface area contributed by atoms with E-state index in [-0.39, 0.29) is 5.91 Å². The normalized spacial score (nSPS) is 27.2. The first-order valence-electron chi connectivity index (χ1n) is 8.85. The van der Waals surface area contributed by atoms with Gasteiger partial charge in [-0.15, -0.1) is 0 Å². The van der Waals surface area contributed by atoms with E-state index < -0.39 is 37.1 Å². The van der Waals surface area contributed by atoms with E-state index in [0.29, 0.717) is 22.6 Å². The topological polar surface area (TPSA) is 128 Å². The summed E-state index contributed by atoms with van der Waals surface area (Å²) in [6, 6.07) is 13.3. The van der Waals surface area contributed by atoms with Crippen LogP contribution in [-0.2, 0) is 4.74 Å². The molecule has 1 heterocycles. The van der Waals surface area contributed by atoms with Gasteiger partial charge in [0, 0.05) is 12.6 Å². The Morgan fingerprint density at radius 1 is 1.04 bits per heavy atom. The van der Waals surface area contributed by atoms with Crippen molar-refractivity contribution in [1.29, 1.82) is 0 Å². The van der Waals surface area contributed by atoms with Crippen molar-refractivity contribution in [3.05, 3.63) is 59.7 Å². The smallest absolute Gasteiger partial charge is 0.251 e. The van der Waals surface area contributed by atoms with Gasteiger partial charge in [-0.3, -0.25) is 4.79 Å². The molecule has 1 aliphatic rings. The number of amides is 1. The van der Waals surface area contributed by atoms with Crippen LogP contribution in [0.25, 0.3) is 0 Å². The van der Waals surface area contributed by atoms with Gasteiger partial charge in [-0.1, -0.05) is 18.2 Å². The second kappa shape index (κ2) is 8.68. The molecule has 8 heteroatoms. The molecule has 5 N–H and O–H groups in total. The van der Waals surface area contributed by atoms with E-state index in [1.54, 1.807) is 55.6 Å². The summed E-state index contributed by atoms with van der Waals surface area (Å²) in [5, 5.41) is 41.8. The Labute approximate surface area is 162 Å². The third kappa shape index (κ3) is 4.16. The van der Waals surface area contributed by atoms with Crippen LogP contribution in [0.3, 0.4) is 0 Å². The maximum atomic E-state index is 11.7. The van der Waals surface area contributed by atoms with Crippen molar-refractivity contribution in [3.63, 3.8) is 0 Å². The number of hydrogen-bond acceptors (Lipinski definition) is 7. The molecule has 2 aromatic carbocycles. The standard InChI is InChI=1S/C20H23NO7/c1-21-20(26)12-3-2-4-14(9-12)27-13-7-5-11(6-8-13)19-18(25)17(24)16(23)15(10-22)28-19/h2-9,15-19,22-25H,10H2,1H3,(H,21,26). The number of aliphatic hydroxyl groups is 4. The van der Waals surface area contributed by atoms with Crippen LogP contribution in [0.4, 0.5) is 0 Å². The van der Waals surface area contributed by atoms with E-state index in [0.717, 1.165) is 0 Å². The Bertz CT molecular complexity index is 808. The summed E-state index contributed by atoms with van der Waals surface area (Å²) in [5.41, 5.74) is 1.03. The van der Waals surface area contributed by atoms with Crippen molar-refractivity contribution in [3.8, 4) is 11.5 Å². The molecule has 0 radical (unpaired) electrons. The van der Waals surface area contributed by atoms with E-state index in [4.69, 9.17) is 9.47 Å². The first-order valence-corrected chi connectivity index (χ1v) is 8.85. The average molecular weight is 389 g/mol. The molecule has 0 bridgehead atoms. The lowest BCUT2D eigenvalue weighted by atomic mass is 9.91. The van der Waals surface area contributed by atoms with Crippen LogP contribution in [-0.4, -0.2) is 64.4 Å². The molecule has 28 heavy (non-hydrogen) atoms. The van der Waals surface area contributed by atoms with E-state index in [1.165, 1.54) is 0 Å². The molecule has 5 unspecified atom stereocenters. The zero-order valence-corrected chi connectivity index (χ0v) is 15.2. The highest BCUT2D eigenvalue weighted by molar-refractivity contribution is 5.94. The monoisotopic (exact) mass is 389 g/mol. The van der Waals surface area contributed by atoms with Crippen LogP contribution in [0.5, 0.6) is 11.5 Å². The molecule has 1 aliphatic heterocycles. The highest BCUT2D eigenvalue weighted by atomic mass is 16.5. The van der Waals surface area contributed by atoms with Crippen LogP contribution in [0.15, 0.2) is 48.5 Å². The average Bonchev–Trinajstić information content (AvgIpc) is 2.72. The van der Waals surface area contributed by atoms with Crippen LogP contribution in [0.1, 0.15) is 22.0 Å². The lowest BCUT2D eigenvalue weighted by Gasteiger charge is -2.40. The highest BCUT2D eigenvalue weighted by Gasteiger charge is 2.43. The van der Waals surface area contributed by atoms with Gasteiger partial charge in [0.05, 0.1) is 6.61 Å². The van der Waals surface area contributed by atoms with Crippen LogP contribution in [0.2, 0.25) is 0 Å². The summed E-state index contributed by atoms with van der Waals surface area (Å²) in [7, 11) is 1.55. The molecule has 0 saturated carbocycles. The minimum absolute atomic E-state index is 0.219. The van der Waals surface area contributed by atoms with E-state index >= 15 is 0 Å². The predicted molar refractivity (Wildman–Crippen MR) is 99.1 cm³/mol. The van der Waals surface area contributed by atoms with E-state index in [9.17, 15) is 25.2 Å². The Hall–Kier alpha value is -2.49. The van der Waals surface area contributed by atoms with E-state index in [2.05, 4.69) is 5.32 Å². The number of ether oxygens (including phenoxy) is 2. The summed E-state index contributed by atoms with van der Waals surface area (Å²) in [4.78, 5) is 11.7. The van der Waals surface area contributed by atoms with E-state index in [1.807, 2.05) is 0 Å². The number of nitrogens with one attached hydrogen (secondary N) is 1. The summed E-state index contributed by atoms with van der Waals surface area (Å²) >= 11 is 0. The third-order valence-corrected chi connectivity index (χ3v) is 4.66. The second-order valence-corrected chi connectivity index (χ2v) is 6.53. The van der Waals surface area contributed by atoms with Gasteiger partial charge in [-0.25, -0.2) is 0 Å². The number of carbonyl (C=O) groups is 1. The van der Waals surface area contributed by atoms with Gasteiger partial charge in [-0.05, 0) is 35.9 Å². The van der Waals surface area contributed by atoms with Crippen molar-refractivity contribution in [2.75, 3.05) is 13.7 Å². The predicted octanol–water partition coefficient (Wildman–Crippen LogP) is 0.353. The van der Waals surface area contributed by atoms with Crippen molar-refractivity contribution >= 4 is 5.91 Å². The second-order valence-electron chi connectivity index (χ2n) is 6.53. The maximum absolute atomic E-state index is 11.7. The fraction of sp³-hybridized carbons (Fsp3) is 0.350. The Kier molecular flexibility index (Phi) is 6.28. The number of hydrogen-bond donors (Lipinski definition) is 5. The summed E-state index contributed by atoms with van der Waals surface area (Å²) < 4.78 is 11.3. The van der Waals surface area contributed by atoms with Crippen molar-refractivity contribution in [2.24, 2.45) is 0 Å². The summed E-state index contributed by atoms with van der Waals surface area (Å²) in [6.45, 7) is -0.482. The highest BCUT2D eigenvalue weighted by Crippen LogP contribution is 2.33. The van der Waals surface area contributed by atoms with Crippen molar-refractivity contribution < 1.29 is 34.7 Å². The fourth-order valence-corrected chi connectivity index (χ4v) is 3.08. The fourth-order valence-electron chi connectivity index (χ4n) is 3.08. The molecular weight excluding hydrogens is 366 g/mol. The van der Waals surface area contributed by atoms with Gasteiger partial charge in [-0.2, -0.15) is 0 Å². The first-order chi connectivity index (χ1) is 13.4. The summed E-state index contributed by atoms with van der Waals surface area (Å²) in [5.74, 6) is 0.771. The SMILES string of the molecule is CNC(=O)c1cccc(Oc2ccc(C3OC(CO)C(O)C(O)C3O)cc2)c1. The first kappa shape index (κ1) is 20.2. The van der Waals surface area contributed by atoms with Crippen molar-refractivity contribution in [1.82, 2.24) is 5.32 Å². The Morgan fingerprint density at radius 2 is 1.75 bits per heavy atom. The van der Waals surface area contributed by atoms with Crippen LogP contribution < -0.4 is 10.1 Å². The molecule has 3 rings (SSSR count). The molecule has 0 spiro atoms. The molecule has 8 nitrogen and oxygen atoms in total. The van der Waals surface area contributed by atoms with Gasteiger partial charge in [0.15, 0.2) is 0 Å².